The molecule has 0 unspecified atom stereocenters. The van der Waals surface area contributed by atoms with Crippen molar-refractivity contribution in [2.24, 2.45) is 0 Å². The molecule has 0 aliphatic carbocycles. The van der Waals surface area contributed by atoms with Crippen molar-refractivity contribution in [3.05, 3.63) is 23.8 Å². The lowest BCUT2D eigenvalue weighted by Gasteiger charge is -2.15. The smallest absolute Gasteiger partial charge is 0.159 e. The van der Waals surface area contributed by atoms with E-state index in [1.54, 1.807) is 12.1 Å². The quantitative estimate of drug-likeness (QED) is 0.552. The molecule has 0 atom stereocenters. The van der Waals surface area contributed by atoms with Gasteiger partial charge in [0.1, 0.15) is 0 Å². The Morgan fingerprint density at radius 2 is 2.00 bits per heavy atom. The number of rotatable bonds is 2. The van der Waals surface area contributed by atoms with E-state index in [2.05, 4.69) is 0 Å². The van der Waals surface area contributed by atoms with Crippen molar-refractivity contribution < 1.29 is 4.79 Å². The van der Waals surface area contributed by atoms with Gasteiger partial charge in [-0.3, -0.25) is 4.79 Å². The second-order valence-corrected chi connectivity index (χ2v) is 3.22. The number of hydrogen-bond donors (Lipinski definition) is 1. The van der Waals surface area contributed by atoms with Crippen LogP contribution in [-0.4, -0.2) is 19.9 Å². The molecule has 0 saturated carbocycles. The van der Waals surface area contributed by atoms with Gasteiger partial charge in [0.15, 0.2) is 5.78 Å². The number of anilines is 2. The molecule has 70 valence electrons. The van der Waals surface area contributed by atoms with Gasteiger partial charge in [-0.05, 0) is 25.1 Å². The predicted octanol–water partition coefficient (Wildman–Crippen LogP) is 1.54. The monoisotopic (exact) mass is 178 g/mol. The van der Waals surface area contributed by atoms with Crippen LogP contribution < -0.4 is 10.6 Å². The molecule has 0 spiro atoms. The molecule has 0 saturated heterocycles. The van der Waals surface area contributed by atoms with Crippen LogP contribution in [0.4, 0.5) is 11.4 Å². The Balaban J connectivity index is 3.13. The molecule has 13 heavy (non-hydrogen) atoms. The second kappa shape index (κ2) is 3.47. The fourth-order valence-electron chi connectivity index (χ4n) is 1.18. The summed E-state index contributed by atoms with van der Waals surface area (Å²) in [6.07, 6.45) is 0. The summed E-state index contributed by atoms with van der Waals surface area (Å²) in [4.78, 5) is 12.9. The Bertz CT molecular complexity index is 332. The van der Waals surface area contributed by atoms with Gasteiger partial charge in [-0.2, -0.15) is 0 Å². The number of carbonyl (C=O) groups excluding carboxylic acids is 1. The average Bonchev–Trinajstić information content (AvgIpc) is 2.03. The van der Waals surface area contributed by atoms with E-state index in [1.807, 2.05) is 25.1 Å². The lowest BCUT2D eigenvalue weighted by molar-refractivity contribution is 0.101. The summed E-state index contributed by atoms with van der Waals surface area (Å²) < 4.78 is 0. The summed E-state index contributed by atoms with van der Waals surface area (Å²) in [7, 11) is 3.83. The molecule has 1 rings (SSSR count). The van der Waals surface area contributed by atoms with Crippen LogP contribution >= 0.6 is 0 Å². The summed E-state index contributed by atoms with van der Waals surface area (Å²) >= 11 is 0. The van der Waals surface area contributed by atoms with Crippen molar-refractivity contribution in [1.29, 1.82) is 0 Å². The number of benzene rings is 1. The highest BCUT2D eigenvalue weighted by atomic mass is 16.1. The summed E-state index contributed by atoms with van der Waals surface area (Å²) in [6, 6.07) is 5.35. The first-order valence-corrected chi connectivity index (χ1v) is 4.10. The van der Waals surface area contributed by atoms with E-state index in [0.29, 0.717) is 11.3 Å². The van der Waals surface area contributed by atoms with Gasteiger partial charge in [-0.15, -0.1) is 0 Å². The highest BCUT2D eigenvalue weighted by Crippen LogP contribution is 2.22. The van der Waals surface area contributed by atoms with Gasteiger partial charge in [-0.25, -0.2) is 0 Å². The number of ketones is 1. The minimum absolute atomic E-state index is 0.0389. The van der Waals surface area contributed by atoms with Gasteiger partial charge in [0.2, 0.25) is 0 Å². The number of nitrogen functional groups attached to an aromatic ring is 1. The molecule has 3 heteroatoms. The van der Waals surface area contributed by atoms with Crippen LogP contribution in [0.15, 0.2) is 18.2 Å². The zero-order chi connectivity index (χ0) is 10.0. The molecule has 0 aliphatic rings. The van der Waals surface area contributed by atoms with Crippen LogP contribution in [0.25, 0.3) is 0 Å². The average molecular weight is 178 g/mol. The van der Waals surface area contributed by atoms with Crippen LogP contribution in [0.5, 0.6) is 0 Å². The van der Waals surface area contributed by atoms with Crippen molar-refractivity contribution in [3.8, 4) is 0 Å². The van der Waals surface area contributed by atoms with Gasteiger partial charge in [-0.1, -0.05) is 0 Å². The Kier molecular flexibility index (Phi) is 2.56. The molecule has 0 amide bonds. The van der Waals surface area contributed by atoms with Crippen molar-refractivity contribution in [1.82, 2.24) is 0 Å². The SMILES string of the molecule is CC(=O)c1ccc(N(C)C)c(N)c1. The molecule has 1 aromatic rings. The maximum atomic E-state index is 11.0. The van der Waals surface area contributed by atoms with Crippen molar-refractivity contribution in [3.63, 3.8) is 0 Å². The molecule has 0 aromatic heterocycles. The number of carbonyl (C=O) groups is 1. The Labute approximate surface area is 78.2 Å². The van der Waals surface area contributed by atoms with Crippen LogP contribution in [-0.2, 0) is 0 Å². The fraction of sp³-hybridized carbons (Fsp3) is 0.300. The Morgan fingerprint density at radius 3 is 2.38 bits per heavy atom. The summed E-state index contributed by atoms with van der Waals surface area (Å²) in [5, 5.41) is 0. The molecule has 0 heterocycles. The predicted molar refractivity (Wildman–Crippen MR) is 55.2 cm³/mol. The van der Waals surface area contributed by atoms with Crippen LogP contribution in [0.3, 0.4) is 0 Å². The Hall–Kier alpha value is -1.51. The van der Waals surface area contributed by atoms with E-state index in [0.717, 1.165) is 5.69 Å². The van der Waals surface area contributed by atoms with E-state index in [1.165, 1.54) is 6.92 Å². The highest BCUT2D eigenvalue weighted by molar-refractivity contribution is 5.96. The highest BCUT2D eigenvalue weighted by Gasteiger charge is 2.04. The molecule has 1 aromatic carbocycles. The first-order chi connectivity index (χ1) is 6.02. The molecule has 0 radical (unpaired) electrons. The van der Waals surface area contributed by atoms with E-state index >= 15 is 0 Å². The third kappa shape index (κ3) is 1.99. The lowest BCUT2D eigenvalue weighted by atomic mass is 10.1. The summed E-state index contributed by atoms with van der Waals surface area (Å²) in [5.41, 5.74) is 7.99. The minimum Gasteiger partial charge on any atom is -0.397 e. The molecule has 3 nitrogen and oxygen atoms in total. The zero-order valence-corrected chi connectivity index (χ0v) is 8.16. The second-order valence-electron chi connectivity index (χ2n) is 3.22. The maximum Gasteiger partial charge on any atom is 0.159 e. The van der Waals surface area contributed by atoms with E-state index < -0.39 is 0 Å². The molecular weight excluding hydrogens is 164 g/mol. The largest absolute Gasteiger partial charge is 0.397 e. The van der Waals surface area contributed by atoms with Crippen molar-refractivity contribution in [2.45, 2.75) is 6.92 Å². The first-order valence-electron chi connectivity index (χ1n) is 4.10. The number of Topliss-reactive ketones (excluding diaryl/α,β-unsaturated/α-hetero) is 1. The van der Waals surface area contributed by atoms with Crippen LogP contribution in [0.2, 0.25) is 0 Å². The summed E-state index contributed by atoms with van der Waals surface area (Å²) in [6.45, 7) is 1.53. The minimum atomic E-state index is 0.0389. The third-order valence-corrected chi connectivity index (χ3v) is 1.92. The topological polar surface area (TPSA) is 46.3 Å². The first kappa shape index (κ1) is 9.58. The molecule has 2 N–H and O–H groups in total. The molecule has 0 fully saturated rings. The molecule has 0 bridgehead atoms. The van der Waals surface area contributed by atoms with Gasteiger partial charge in [0, 0.05) is 19.7 Å². The van der Waals surface area contributed by atoms with Crippen molar-refractivity contribution >= 4 is 17.2 Å². The van der Waals surface area contributed by atoms with Gasteiger partial charge < -0.3 is 10.6 Å². The number of nitrogens with zero attached hydrogens (tertiary/aromatic N) is 1. The third-order valence-electron chi connectivity index (χ3n) is 1.92. The van der Waals surface area contributed by atoms with Crippen molar-refractivity contribution in [2.75, 3.05) is 24.7 Å². The van der Waals surface area contributed by atoms with Gasteiger partial charge >= 0.3 is 0 Å². The molecular formula is C10H14N2O. The van der Waals surface area contributed by atoms with Gasteiger partial charge in [0.25, 0.3) is 0 Å². The normalized spacial score (nSPS) is 9.77. The van der Waals surface area contributed by atoms with Crippen LogP contribution in [0.1, 0.15) is 17.3 Å². The number of hydrogen-bond acceptors (Lipinski definition) is 3. The zero-order valence-electron chi connectivity index (χ0n) is 8.16. The lowest BCUT2D eigenvalue weighted by Crippen LogP contribution is -2.11. The van der Waals surface area contributed by atoms with E-state index in [-0.39, 0.29) is 5.78 Å². The number of nitrogens with two attached hydrogens (primary N) is 1. The van der Waals surface area contributed by atoms with E-state index in [9.17, 15) is 4.79 Å². The standard InChI is InChI=1S/C10H14N2O/c1-7(13)8-4-5-10(12(2)3)9(11)6-8/h4-6H,11H2,1-3H3. The van der Waals surface area contributed by atoms with Gasteiger partial charge in [0.05, 0.1) is 11.4 Å². The van der Waals surface area contributed by atoms with E-state index in [4.69, 9.17) is 5.73 Å². The fourth-order valence-corrected chi connectivity index (χ4v) is 1.18. The maximum absolute atomic E-state index is 11.0. The molecule has 0 aliphatic heterocycles. The Morgan fingerprint density at radius 1 is 1.38 bits per heavy atom. The summed E-state index contributed by atoms with van der Waals surface area (Å²) in [5.74, 6) is 0.0389. The van der Waals surface area contributed by atoms with Crippen LogP contribution in [0, 0.1) is 0 Å².